The van der Waals surface area contributed by atoms with E-state index in [1.54, 1.807) is 6.07 Å². The Morgan fingerprint density at radius 3 is 2.67 bits per heavy atom. The number of hydrogen-bond donors (Lipinski definition) is 1. The van der Waals surface area contributed by atoms with Gasteiger partial charge < -0.3 is 10.0 Å². The van der Waals surface area contributed by atoms with Crippen LogP contribution in [0, 0.1) is 0 Å². The first-order valence-corrected chi connectivity index (χ1v) is 4.35. The summed E-state index contributed by atoms with van der Waals surface area (Å²) < 4.78 is 0. The highest BCUT2D eigenvalue weighted by Crippen LogP contribution is 2.17. The first-order valence-electron chi connectivity index (χ1n) is 4.35. The molecule has 1 aromatic carbocycles. The van der Waals surface area contributed by atoms with Crippen molar-refractivity contribution in [2.24, 2.45) is 0 Å². The minimum atomic E-state index is 0.430. The number of para-hydroxylation sites is 1. The number of benzene rings is 1. The van der Waals surface area contributed by atoms with Crippen molar-refractivity contribution >= 4 is 0 Å². The molecule has 0 saturated carbocycles. The molecule has 0 aromatic heterocycles. The molecule has 1 fully saturated rings. The Balaban J connectivity index is 1.96. The van der Waals surface area contributed by atoms with Crippen molar-refractivity contribution in [1.82, 2.24) is 4.90 Å². The summed E-state index contributed by atoms with van der Waals surface area (Å²) in [6.07, 6.45) is 0.965. The van der Waals surface area contributed by atoms with Crippen LogP contribution in [0.4, 0.5) is 0 Å². The molecule has 0 atom stereocenters. The number of rotatable bonds is 3. The van der Waals surface area contributed by atoms with Gasteiger partial charge in [0.2, 0.25) is 0 Å². The third-order valence-electron chi connectivity index (χ3n) is 2.23. The van der Waals surface area contributed by atoms with Crippen LogP contribution in [0.25, 0.3) is 0 Å². The van der Waals surface area contributed by atoms with E-state index in [1.807, 2.05) is 18.2 Å². The fourth-order valence-electron chi connectivity index (χ4n) is 1.30. The number of nitrogens with zero attached hydrogens (tertiary/aromatic N) is 1. The van der Waals surface area contributed by atoms with Crippen LogP contribution in [0.3, 0.4) is 0 Å². The lowest BCUT2D eigenvalue weighted by atomic mass is 10.1. The number of phenolic OH excluding ortho intramolecular Hbond substituents is 1. The average molecular weight is 163 g/mol. The molecule has 0 spiro atoms. The monoisotopic (exact) mass is 163 g/mol. The van der Waals surface area contributed by atoms with E-state index in [2.05, 4.69) is 4.90 Å². The normalized spacial score (nSPS) is 16.3. The molecule has 2 rings (SSSR count). The van der Waals surface area contributed by atoms with Gasteiger partial charge in [0, 0.05) is 19.6 Å². The first kappa shape index (κ1) is 7.62. The maximum atomic E-state index is 9.43. The topological polar surface area (TPSA) is 23.2 Å². The highest BCUT2D eigenvalue weighted by molar-refractivity contribution is 5.31. The number of hydrogen-bond acceptors (Lipinski definition) is 2. The molecule has 12 heavy (non-hydrogen) atoms. The third kappa shape index (κ3) is 1.77. The molecular formula is C10H13NO. The van der Waals surface area contributed by atoms with Crippen molar-refractivity contribution in [3.8, 4) is 5.75 Å². The van der Waals surface area contributed by atoms with Gasteiger partial charge in [0.05, 0.1) is 0 Å². The van der Waals surface area contributed by atoms with Gasteiger partial charge in [-0.2, -0.15) is 0 Å². The maximum absolute atomic E-state index is 9.43. The van der Waals surface area contributed by atoms with Gasteiger partial charge in [0.1, 0.15) is 5.75 Å². The van der Waals surface area contributed by atoms with Crippen LogP contribution < -0.4 is 0 Å². The Kier molecular flexibility index (Phi) is 2.00. The largest absolute Gasteiger partial charge is 0.508 e. The third-order valence-corrected chi connectivity index (χ3v) is 2.23. The van der Waals surface area contributed by atoms with E-state index in [1.165, 1.54) is 13.1 Å². The van der Waals surface area contributed by atoms with Crippen LogP contribution in [0.2, 0.25) is 0 Å². The van der Waals surface area contributed by atoms with Gasteiger partial charge in [0.25, 0.3) is 0 Å². The van der Waals surface area contributed by atoms with E-state index < -0.39 is 0 Å². The smallest absolute Gasteiger partial charge is 0.118 e. The van der Waals surface area contributed by atoms with Gasteiger partial charge in [-0.05, 0) is 18.1 Å². The fourth-order valence-corrected chi connectivity index (χ4v) is 1.30. The molecule has 1 aromatic rings. The van der Waals surface area contributed by atoms with Gasteiger partial charge >= 0.3 is 0 Å². The molecule has 0 bridgehead atoms. The Hall–Kier alpha value is -1.02. The van der Waals surface area contributed by atoms with E-state index in [0.29, 0.717) is 5.75 Å². The van der Waals surface area contributed by atoms with Crippen molar-refractivity contribution in [3.63, 3.8) is 0 Å². The summed E-state index contributed by atoms with van der Waals surface area (Å²) in [5.74, 6) is 0.430. The van der Waals surface area contributed by atoms with Crippen LogP contribution in [-0.4, -0.2) is 29.6 Å². The Morgan fingerprint density at radius 1 is 1.25 bits per heavy atom. The highest BCUT2D eigenvalue weighted by atomic mass is 16.3. The molecule has 1 heterocycles. The molecule has 2 heteroatoms. The highest BCUT2D eigenvalue weighted by Gasteiger charge is 2.16. The van der Waals surface area contributed by atoms with E-state index in [4.69, 9.17) is 0 Å². The van der Waals surface area contributed by atoms with E-state index >= 15 is 0 Å². The molecule has 64 valence electrons. The SMILES string of the molecule is Oc1ccccc1CCN1CC1. The maximum Gasteiger partial charge on any atom is 0.118 e. The fraction of sp³-hybridized carbons (Fsp3) is 0.400. The molecule has 1 aliphatic rings. The minimum absolute atomic E-state index is 0.430. The molecule has 0 unspecified atom stereocenters. The zero-order chi connectivity index (χ0) is 8.39. The van der Waals surface area contributed by atoms with Crippen LogP contribution >= 0.6 is 0 Å². The second kappa shape index (κ2) is 3.15. The zero-order valence-electron chi connectivity index (χ0n) is 7.03. The van der Waals surface area contributed by atoms with Gasteiger partial charge in [-0.3, -0.25) is 0 Å². The lowest BCUT2D eigenvalue weighted by molar-refractivity contribution is 0.462. The van der Waals surface area contributed by atoms with Crippen LogP contribution in [0.15, 0.2) is 24.3 Å². The summed E-state index contributed by atoms with van der Waals surface area (Å²) in [5, 5.41) is 9.43. The van der Waals surface area contributed by atoms with Crippen molar-refractivity contribution in [1.29, 1.82) is 0 Å². The van der Waals surface area contributed by atoms with Crippen molar-refractivity contribution in [2.75, 3.05) is 19.6 Å². The Labute approximate surface area is 72.4 Å². The van der Waals surface area contributed by atoms with Crippen molar-refractivity contribution in [2.45, 2.75) is 6.42 Å². The summed E-state index contributed by atoms with van der Waals surface area (Å²) >= 11 is 0. The van der Waals surface area contributed by atoms with Crippen molar-refractivity contribution in [3.05, 3.63) is 29.8 Å². The van der Waals surface area contributed by atoms with E-state index in [-0.39, 0.29) is 0 Å². The lowest BCUT2D eigenvalue weighted by Crippen LogP contribution is -2.02. The first-order chi connectivity index (χ1) is 5.86. The number of aromatic hydroxyl groups is 1. The van der Waals surface area contributed by atoms with Crippen LogP contribution in [0.5, 0.6) is 5.75 Å². The predicted molar refractivity (Wildman–Crippen MR) is 48.3 cm³/mol. The standard InChI is InChI=1S/C10H13NO/c12-10-4-2-1-3-9(10)5-6-11-7-8-11/h1-4,12H,5-8H2. The van der Waals surface area contributed by atoms with Crippen LogP contribution in [0.1, 0.15) is 5.56 Å². The van der Waals surface area contributed by atoms with Crippen LogP contribution in [-0.2, 0) is 6.42 Å². The Bertz CT molecular complexity index is 268. The van der Waals surface area contributed by atoms with Gasteiger partial charge in [-0.25, -0.2) is 0 Å². The summed E-state index contributed by atoms with van der Waals surface area (Å²) in [4.78, 5) is 2.35. The summed E-state index contributed by atoms with van der Waals surface area (Å²) in [6, 6.07) is 7.56. The Morgan fingerprint density at radius 2 is 2.00 bits per heavy atom. The molecule has 0 aliphatic carbocycles. The van der Waals surface area contributed by atoms with E-state index in [0.717, 1.165) is 18.5 Å². The molecule has 0 radical (unpaired) electrons. The quantitative estimate of drug-likeness (QED) is 0.678. The van der Waals surface area contributed by atoms with Gasteiger partial charge in [-0.1, -0.05) is 18.2 Å². The second-order valence-electron chi connectivity index (χ2n) is 3.22. The molecule has 2 nitrogen and oxygen atoms in total. The molecule has 1 aliphatic heterocycles. The zero-order valence-corrected chi connectivity index (χ0v) is 7.03. The lowest BCUT2D eigenvalue weighted by Gasteiger charge is -2.03. The molecule has 0 amide bonds. The summed E-state index contributed by atoms with van der Waals surface area (Å²) in [5.41, 5.74) is 1.06. The molecular weight excluding hydrogens is 150 g/mol. The van der Waals surface area contributed by atoms with Crippen molar-refractivity contribution < 1.29 is 5.11 Å². The van der Waals surface area contributed by atoms with Gasteiger partial charge in [-0.15, -0.1) is 0 Å². The minimum Gasteiger partial charge on any atom is -0.508 e. The average Bonchev–Trinajstić information content (AvgIpc) is 2.86. The van der Waals surface area contributed by atoms with E-state index in [9.17, 15) is 5.11 Å². The molecule has 1 saturated heterocycles. The number of phenols is 1. The predicted octanol–water partition coefficient (Wildman–Crippen LogP) is 1.25. The molecule has 1 N–H and O–H groups in total. The second-order valence-corrected chi connectivity index (χ2v) is 3.22. The van der Waals surface area contributed by atoms with Gasteiger partial charge in [0.15, 0.2) is 0 Å². The summed E-state index contributed by atoms with van der Waals surface area (Å²) in [7, 11) is 0. The summed E-state index contributed by atoms with van der Waals surface area (Å²) in [6.45, 7) is 3.54.